The van der Waals surface area contributed by atoms with Crippen molar-refractivity contribution in [1.29, 1.82) is 0 Å². The summed E-state index contributed by atoms with van der Waals surface area (Å²) in [5, 5.41) is 12.9. The summed E-state index contributed by atoms with van der Waals surface area (Å²) in [5.74, 6) is 0.654. The van der Waals surface area contributed by atoms with Gasteiger partial charge in [-0.05, 0) is 74.5 Å². The van der Waals surface area contributed by atoms with Gasteiger partial charge in [-0.2, -0.15) is 0 Å². The fourth-order valence-electron chi connectivity index (χ4n) is 10.5. The van der Waals surface area contributed by atoms with Gasteiger partial charge in [-0.15, -0.1) is 0 Å². The topological polar surface area (TPSA) is 35.6 Å². The zero-order valence-corrected chi connectivity index (χ0v) is 32.3. The van der Waals surface area contributed by atoms with Gasteiger partial charge in [-0.3, -0.25) is 4.57 Å². The standard InChI is InChI=1S/C56H32N4/c1-4-17-36-33(14-1)28-29-45-53(36)57-56(58-54(45)48-30-34-15-2-3-16-35(34)37-18-5-8-21-40(37)48)60-50-27-12-10-23-42(50)46-31-51-47(32-52(46)60)44-25-13-24-43-39-20-7-6-19-38(39)41-22-9-11-26-49(41)59(51)55(43)44/h1-32H. The molecule has 0 amide bonds. The Labute approximate surface area is 343 Å². The molecular formula is C56H32N4. The summed E-state index contributed by atoms with van der Waals surface area (Å²) in [6, 6.07) is 70.7. The van der Waals surface area contributed by atoms with E-state index in [1.54, 1.807) is 0 Å². The zero-order valence-electron chi connectivity index (χ0n) is 32.3. The van der Waals surface area contributed by atoms with Crippen LogP contribution in [0.1, 0.15) is 0 Å². The Morgan fingerprint density at radius 1 is 0.300 bits per heavy atom. The lowest BCUT2D eigenvalue weighted by Gasteiger charge is -2.16. The van der Waals surface area contributed by atoms with E-state index in [-0.39, 0.29) is 0 Å². The van der Waals surface area contributed by atoms with E-state index >= 15 is 0 Å². The number of fused-ring (bicyclic) bond motifs is 17. The molecule has 0 spiro atoms. The third-order valence-electron chi connectivity index (χ3n) is 13.0. The van der Waals surface area contributed by atoms with Crippen molar-refractivity contribution in [3.63, 3.8) is 0 Å². The van der Waals surface area contributed by atoms with Crippen molar-refractivity contribution in [3.8, 4) is 45.1 Å². The number of benzene rings is 10. The summed E-state index contributed by atoms with van der Waals surface area (Å²) in [4.78, 5) is 11.3. The number of aromatic nitrogens is 4. The maximum absolute atomic E-state index is 5.68. The van der Waals surface area contributed by atoms with Crippen LogP contribution in [0.3, 0.4) is 0 Å². The Hall–Kier alpha value is -8.08. The van der Waals surface area contributed by atoms with Crippen molar-refractivity contribution >= 4 is 86.8 Å². The lowest BCUT2D eigenvalue weighted by Crippen LogP contribution is -2.04. The maximum Gasteiger partial charge on any atom is 0.235 e. The molecule has 0 radical (unpaired) electrons. The highest BCUT2D eigenvalue weighted by molar-refractivity contribution is 6.22. The molecule has 13 aromatic rings. The first-order valence-corrected chi connectivity index (χ1v) is 20.6. The van der Waals surface area contributed by atoms with Gasteiger partial charge < -0.3 is 4.57 Å². The van der Waals surface area contributed by atoms with E-state index in [0.717, 1.165) is 54.7 Å². The number of para-hydroxylation sites is 3. The molecule has 0 fully saturated rings. The van der Waals surface area contributed by atoms with E-state index in [2.05, 4.69) is 203 Å². The molecule has 0 saturated heterocycles. The molecule has 0 unspecified atom stereocenters. The number of rotatable bonds is 2. The van der Waals surface area contributed by atoms with E-state index in [4.69, 9.17) is 9.97 Å². The fourth-order valence-corrected chi connectivity index (χ4v) is 10.5. The lowest BCUT2D eigenvalue weighted by atomic mass is 9.93. The summed E-state index contributed by atoms with van der Waals surface area (Å²) in [6.45, 7) is 0. The average molecular weight is 761 g/mol. The zero-order chi connectivity index (χ0) is 39.1. The third-order valence-corrected chi connectivity index (χ3v) is 13.0. The summed E-state index contributed by atoms with van der Waals surface area (Å²) < 4.78 is 4.81. The van der Waals surface area contributed by atoms with Crippen LogP contribution in [-0.2, 0) is 0 Å². The summed E-state index contributed by atoms with van der Waals surface area (Å²) >= 11 is 0. The minimum Gasteiger partial charge on any atom is -0.308 e. The van der Waals surface area contributed by atoms with E-state index < -0.39 is 0 Å². The van der Waals surface area contributed by atoms with Crippen molar-refractivity contribution in [1.82, 2.24) is 19.1 Å². The lowest BCUT2D eigenvalue weighted by molar-refractivity contribution is 1.02. The molecule has 60 heavy (non-hydrogen) atoms. The van der Waals surface area contributed by atoms with Crippen LogP contribution < -0.4 is 0 Å². The van der Waals surface area contributed by atoms with Crippen molar-refractivity contribution < 1.29 is 0 Å². The summed E-state index contributed by atoms with van der Waals surface area (Å²) in [6.07, 6.45) is 0. The number of nitrogens with zero attached hydrogens (tertiary/aromatic N) is 4. The molecule has 0 N–H and O–H groups in total. The quantitative estimate of drug-likeness (QED) is 0.165. The van der Waals surface area contributed by atoms with Crippen LogP contribution in [0.15, 0.2) is 194 Å². The van der Waals surface area contributed by atoms with Gasteiger partial charge >= 0.3 is 0 Å². The second kappa shape index (κ2) is 11.8. The molecule has 4 heterocycles. The molecule has 4 nitrogen and oxygen atoms in total. The maximum atomic E-state index is 5.68. The molecule has 10 aromatic carbocycles. The Kier molecular flexibility index (Phi) is 6.26. The molecule has 14 rings (SSSR count). The third kappa shape index (κ3) is 4.19. The van der Waals surface area contributed by atoms with Crippen LogP contribution in [0.2, 0.25) is 0 Å². The molecule has 0 saturated carbocycles. The molecule has 276 valence electrons. The van der Waals surface area contributed by atoms with Crippen LogP contribution in [-0.4, -0.2) is 19.1 Å². The van der Waals surface area contributed by atoms with E-state index in [9.17, 15) is 0 Å². The first kappa shape index (κ1) is 31.9. The largest absolute Gasteiger partial charge is 0.308 e. The van der Waals surface area contributed by atoms with Crippen molar-refractivity contribution in [2.24, 2.45) is 0 Å². The Morgan fingerprint density at radius 2 is 0.900 bits per heavy atom. The molecule has 4 heteroatoms. The Balaban J connectivity index is 1.14. The minimum atomic E-state index is 0.654. The van der Waals surface area contributed by atoms with Crippen molar-refractivity contribution in [3.05, 3.63) is 194 Å². The first-order chi connectivity index (χ1) is 29.8. The Morgan fingerprint density at radius 3 is 1.75 bits per heavy atom. The van der Waals surface area contributed by atoms with Gasteiger partial charge in [-0.1, -0.05) is 158 Å². The van der Waals surface area contributed by atoms with E-state index in [1.807, 2.05) is 0 Å². The fraction of sp³-hybridized carbons (Fsp3) is 0. The van der Waals surface area contributed by atoms with Crippen LogP contribution in [0.4, 0.5) is 0 Å². The molecule has 0 bridgehead atoms. The highest BCUT2D eigenvalue weighted by Crippen LogP contribution is 2.48. The highest BCUT2D eigenvalue weighted by Gasteiger charge is 2.26. The predicted molar refractivity (Wildman–Crippen MR) is 251 cm³/mol. The van der Waals surface area contributed by atoms with E-state index in [1.165, 1.54) is 71.3 Å². The predicted octanol–water partition coefficient (Wildman–Crippen LogP) is 14.6. The van der Waals surface area contributed by atoms with E-state index in [0.29, 0.717) is 5.95 Å². The van der Waals surface area contributed by atoms with Gasteiger partial charge in [0.05, 0.1) is 39.0 Å². The number of hydrogen-bond donors (Lipinski definition) is 0. The van der Waals surface area contributed by atoms with Gasteiger partial charge in [0.1, 0.15) is 0 Å². The monoisotopic (exact) mass is 760 g/mol. The van der Waals surface area contributed by atoms with Gasteiger partial charge in [0.25, 0.3) is 0 Å². The van der Waals surface area contributed by atoms with Crippen LogP contribution in [0, 0.1) is 0 Å². The van der Waals surface area contributed by atoms with Gasteiger partial charge in [-0.25, -0.2) is 9.97 Å². The SMILES string of the molecule is c1ccc2c(c1)-c1ccccc1-n1c3cc4c5ccccc5n(-c5nc(-c6cc7ccccc7c7ccccc67)c6ccc7ccccc7c6n5)c4cc3c3cccc-2c31. The molecule has 3 aromatic heterocycles. The first-order valence-electron chi connectivity index (χ1n) is 20.6. The minimum absolute atomic E-state index is 0.654. The molecule has 0 aliphatic carbocycles. The summed E-state index contributed by atoms with van der Waals surface area (Å²) in [7, 11) is 0. The van der Waals surface area contributed by atoms with Crippen molar-refractivity contribution in [2.45, 2.75) is 0 Å². The smallest absolute Gasteiger partial charge is 0.235 e. The Bertz CT molecular complexity index is 4020. The number of hydrogen-bond acceptors (Lipinski definition) is 2. The van der Waals surface area contributed by atoms with Gasteiger partial charge in [0, 0.05) is 49.0 Å². The van der Waals surface area contributed by atoms with Crippen LogP contribution in [0.5, 0.6) is 0 Å². The van der Waals surface area contributed by atoms with Crippen LogP contribution in [0.25, 0.3) is 132 Å². The molecule has 1 aliphatic rings. The second-order valence-corrected chi connectivity index (χ2v) is 16.1. The average Bonchev–Trinajstić information content (AvgIpc) is 3.77. The second-order valence-electron chi connectivity index (χ2n) is 16.1. The van der Waals surface area contributed by atoms with Gasteiger partial charge in [0.15, 0.2) is 0 Å². The molecular weight excluding hydrogens is 729 g/mol. The highest BCUT2D eigenvalue weighted by atomic mass is 15.2. The van der Waals surface area contributed by atoms with Gasteiger partial charge in [0.2, 0.25) is 5.95 Å². The molecule has 1 aliphatic heterocycles. The molecule has 0 atom stereocenters. The summed E-state index contributed by atoms with van der Waals surface area (Å²) in [5.41, 5.74) is 13.7. The normalized spacial score (nSPS) is 12.3. The van der Waals surface area contributed by atoms with Crippen LogP contribution >= 0.6 is 0 Å². The van der Waals surface area contributed by atoms with Crippen molar-refractivity contribution in [2.75, 3.05) is 0 Å².